The van der Waals surface area contributed by atoms with E-state index < -0.39 is 5.97 Å². The third-order valence-electron chi connectivity index (χ3n) is 0.715. The van der Waals surface area contributed by atoms with Crippen LogP contribution in [-0.2, 0) is 4.79 Å². The number of aliphatic hydroxyl groups excluding tert-OH is 1. The van der Waals surface area contributed by atoms with Gasteiger partial charge in [0, 0.05) is 13.5 Å². The second kappa shape index (κ2) is 12.1. The Hall–Kier alpha value is -0.610. The summed E-state index contributed by atoms with van der Waals surface area (Å²) in [6.07, 6.45) is 1.14. The molecule has 0 saturated heterocycles. The van der Waals surface area contributed by atoms with Crippen molar-refractivity contribution in [1.29, 1.82) is 0 Å². The van der Waals surface area contributed by atoms with Crippen LogP contribution < -0.4 is 5.32 Å². The molecule has 4 nitrogen and oxygen atoms in total. The van der Waals surface area contributed by atoms with Gasteiger partial charge < -0.3 is 15.5 Å². The number of aliphatic carboxylic acids is 1. The zero-order valence-corrected chi connectivity index (χ0v) is 7.13. The van der Waals surface area contributed by atoms with Crippen molar-refractivity contribution in [1.82, 2.24) is 5.32 Å². The number of nitrogens with one attached hydrogen (secondary N) is 1. The summed E-state index contributed by atoms with van der Waals surface area (Å²) in [6.45, 7) is 5.18. The lowest BCUT2D eigenvalue weighted by Gasteiger charge is -1.95. The van der Waals surface area contributed by atoms with Crippen molar-refractivity contribution in [2.24, 2.45) is 0 Å². The van der Waals surface area contributed by atoms with Crippen molar-refractivity contribution in [2.75, 3.05) is 19.7 Å². The molecular formula is C7H17NO3. The van der Waals surface area contributed by atoms with Crippen molar-refractivity contribution >= 4 is 5.97 Å². The molecule has 3 N–H and O–H groups in total. The van der Waals surface area contributed by atoms with Gasteiger partial charge in [-0.25, -0.2) is 0 Å². The number of carbonyl (C=O) groups is 1. The number of carboxylic acid groups (broad SMARTS) is 1. The SMILES string of the molecule is CC(=O)O.CCCNCCO. The molecule has 0 fully saturated rings. The average Bonchev–Trinajstić information content (AvgIpc) is 1.88. The standard InChI is InChI=1S/C5H13NO.C2H4O2/c1-2-3-6-4-5-7;1-2(3)4/h6-7H,2-5H2,1H3;1H3,(H,3,4). The van der Waals surface area contributed by atoms with E-state index in [0.29, 0.717) is 0 Å². The normalized spacial score (nSPS) is 8.27. The van der Waals surface area contributed by atoms with Gasteiger partial charge in [-0.2, -0.15) is 0 Å². The Bertz CT molecular complexity index is 77.8. The highest BCUT2D eigenvalue weighted by Crippen LogP contribution is 1.66. The fourth-order valence-electron chi connectivity index (χ4n) is 0.381. The van der Waals surface area contributed by atoms with E-state index in [9.17, 15) is 0 Å². The van der Waals surface area contributed by atoms with Crippen LogP contribution in [-0.4, -0.2) is 35.9 Å². The average molecular weight is 163 g/mol. The number of rotatable bonds is 4. The minimum absolute atomic E-state index is 0.250. The molecule has 0 aromatic heterocycles. The Balaban J connectivity index is 0. The third kappa shape index (κ3) is 44.6. The predicted octanol–water partition coefficient (Wildman–Crippen LogP) is 0.0692. The zero-order valence-electron chi connectivity index (χ0n) is 7.13. The molecule has 0 bridgehead atoms. The second-order valence-electron chi connectivity index (χ2n) is 1.99. The molecule has 68 valence electrons. The lowest BCUT2D eigenvalue weighted by Crippen LogP contribution is -2.18. The molecular weight excluding hydrogens is 146 g/mol. The van der Waals surface area contributed by atoms with Crippen LogP contribution in [0.15, 0.2) is 0 Å². The first kappa shape index (κ1) is 13.0. The fraction of sp³-hybridized carbons (Fsp3) is 0.857. The first-order valence-corrected chi connectivity index (χ1v) is 3.66. The first-order valence-electron chi connectivity index (χ1n) is 3.66. The van der Waals surface area contributed by atoms with Gasteiger partial charge >= 0.3 is 0 Å². The molecule has 0 aliphatic rings. The van der Waals surface area contributed by atoms with E-state index >= 15 is 0 Å². The van der Waals surface area contributed by atoms with Crippen LogP contribution in [0.2, 0.25) is 0 Å². The molecule has 0 amide bonds. The van der Waals surface area contributed by atoms with Gasteiger partial charge in [-0.1, -0.05) is 6.92 Å². The van der Waals surface area contributed by atoms with Crippen LogP contribution in [0.25, 0.3) is 0 Å². The Labute approximate surface area is 67.2 Å². The molecule has 0 spiro atoms. The Kier molecular flexibility index (Phi) is 14.3. The minimum atomic E-state index is -0.833. The first-order chi connectivity index (χ1) is 5.15. The van der Waals surface area contributed by atoms with Gasteiger partial charge in [-0.05, 0) is 13.0 Å². The highest BCUT2D eigenvalue weighted by atomic mass is 16.4. The summed E-state index contributed by atoms with van der Waals surface area (Å²) in [5.74, 6) is -0.833. The van der Waals surface area contributed by atoms with Gasteiger partial charge in [0.1, 0.15) is 0 Å². The predicted molar refractivity (Wildman–Crippen MR) is 43.6 cm³/mol. The molecule has 0 atom stereocenters. The molecule has 0 aliphatic carbocycles. The molecule has 0 rings (SSSR count). The van der Waals surface area contributed by atoms with Crippen molar-refractivity contribution in [3.05, 3.63) is 0 Å². The van der Waals surface area contributed by atoms with E-state index in [1.807, 2.05) is 0 Å². The van der Waals surface area contributed by atoms with Gasteiger partial charge in [-0.15, -0.1) is 0 Å². The fourth-order valence-corrected chi connectivity index (χ4v) is 0.381. The summed E-state index contributed by atoms with van der Waals surface area (Å²) >= 11 is 0. The lowest BCUT2D eigenvalue weighted by molar-refractivity contribution is -0.134. The molecule has 0 radical (unpaired) electrons. The molecule has 0 aromatic rings. The highest BCUT2D eigenvalue weighted by Gasteiger charge is 1.77. The number of carboxylic acids is 1. The van der Waals surface area contributed by atoms with Gasteiger partial charge in [0.05, 0.1) is 6.61 Å². The number of hydrogen-bond donors (Lipinski definition) is 3. The summed E-state index contributed by atoms with van der Waals surface area (Å²) in [4.78, 5) is 9.00. The van der Waals surface area contributed by atoms with Crippen molar-refractivity contribution in [3.8, 4) is 0 Å². The topological polar surface area (TPSA) is 69.6 Å². The molecule has 0 heterocycles. The number of aliphatic hydroxyl groups is 1. The smallest absolute Gasteiger partial charge is 0.300 e. The molecule has 0 aliphatic heterocycles. The summed E-state index contributed by atoms with van der Waals surface area (Å²) < 4.78 is 0. The van der Waals surface area contributed by atoms with Gasteiger partial charge in [0.25, 0.3) is 5.97 Å². The largest absolute Gasteiger partial charge is 0.481 e. The summed E-state index contributed by atoms with van der Waals surface area (Å²) in [5.41, 5.74) is 0. The van der Waals surface area contributed by atoms with Crippen LogP contribution >= 0.6 is 0 Å². The van der Waals surface area contributed by atoms with E-state index in [1.54, 1.807) is 0 Å². The van der Waals surface area contributed by atoms with Gasteiger partial charge in [-0.3, -0.25) is 4.79 Å². The minimum Gasteiger partial charge on any atom is -0.481 e. The molecule has 0 aromatic carbocycles. The summed E-state index contributed by atoms with van der Waals surface area (Å²) in [6, 6.07) is 0. The number of hydrogen-bond acceptors (Lipinski definition) is 3. The van der Waals surface area contributed by atoms with Crippen LogP contribution in [0.1, 0.15) is 20.3 Å². The molecule has 4 heteroatoms. The van der Waals surface area contributed by atoms with Gasteiger partial charge in [0.15, 0.2) is 0 Å². The lowest BCUT2D eigenvalue weighted by atomic mass is 10.5. The van der Waals surface area contributed by atoms with Crippen LogP contribution in [0.5, 0.6) is 0 Å². The van der Waals surface area contributed by atoms with E-state index in [1.165, 1.54) is 0 Å². The van der Waals surface area contributed by atoms with E-state index in [4.69, 9.17) is 15.0 Å². The highest BCUT2D eigenvalue weighted by molar-refractivity contribution is 5.62. The van der Waals surface area contributed by atoms with E-state index in [2.05, 4.69) is 12.2 Å². The second-order valence-corrected chi connectivity index (χ2v) is 1.99. The Morgan fingerprint density at radius 1 is 1.45 bits per heavy atom. The van der Waals surface area contributed by atoms with Crippen LogP contribution in [0.4, 0.5) is 0 Å². The maximum atomic E-state index is 9.00. The van der Waals surface area contributed by atoms with Gasteiger partial charge in [0.2, 0.25) is 0 Å². The van der Waals surface area contributed by atoms with Crippen molar-refractivity contribution < 1.29 is 15.0 Å². The maximum Gasteiger partial charge on any atom is 0.300 e. The van der Waals surface area contributed by atoms with Crippen LogP contribution in [0.3, 0.4) is 0 Å². The summed E-state index contributed by atoms with van der Waals surface area (Å²) in [7, 11) is 0. The quantitative estimate of drug-likeness (QED) is 0.513. The Morgan fingerprint density at radius 2 is 1.91 bits per heavy atom. The Morgan fingerprint density at radius 3 is 2.18 bits per heavy atom. The maximum absolute atomic E-state index is 9.00. The monoisotopic (exact) mass is 163 g/mol. The zero-order chi connectivity index (χ0) is 9.11. The molecule has 0 unspecified atom stereocenters. The third-order valence-corrected chi connectivity index (χ3v) is 0.715. The van der Waals surface area contributed by atoms with Crippen molar-refractivity contribution in [2.45, 2.75) is 20.3 Å². The molecule has 0 saturated carbocycles. The van der Waals surface area contributed by atoms with E-state index in [0.717, 1.165) is 26.4 Å². The molecule has 11 heavy (non-hydrogen) atoms. The van der Waals surface area contributed by atoms with Crippen molar-refractivity contribution in [3.63, 3.8) is 0 Å². The van der Waals surface area contributed by atoms with E-state index in [-0.39, 0.29) is 6.61 Å². The summed E-state index contributed by atoms with van der Waals surface area (Å²) in [5, 5.41) is 18.7. The van der Waals surface area contributed by atoms with Crippen LogP contribution in [0, 0.1) is 0 Å².